The van der Waals surface area contributed by atoms with E-state index in [-0.39, 0.29) is 0 Å². The summed E-state index contributed by atoms with van der Waals surface area (Å²) in [6.07, 6.45) is 6.05. The normalized spacial score (nSPS) is 17.1. The number of nitrogens with zero attached hydrogens (tertiary/aromatic N) is 4. The van der Waals surface area contributed by atoms with E-state index in [0.717, 1.165) is 36.1 Å². The summed E-state index contributed by atoms with van der Waals surface area (Å²) in [6, 6.07) is 14.3. The molecule has 1 atom stereocenters. The number of aromatic amines is 1. The lowest BCUT2D eigenvalue weighted by Gasteiger charge is -2.32. The van der Waals surface area contributed by atoms with E-state index in [0.29, 0.717) is 11.6 Å². The zero-order chi connectivity index (χ0) is 20.3. The third kappa shape index (κ3) is 3.92. The van der Waals surface area contributed by atoms with Crippen molar-refractivity contribution in [2.24, 2.45) is 0 Å². The van der Waals surface area contributed by atoms with Crippen molar-refractivity contribution in [1.82, 2.24) is 19.9 Å². The molecule has 1 fully saturated rings. The zero-order valence-electron chi connectivity index (χ0n) is 16.5. The highest BCUT2D eigenvalue weighted by molar-refractivity contribution is 7.13. The van der Waals surface area contributed by atoms with Gasteiger partial charge in [0.05, 0.1) is 17.6 Å². The Labute approximate surface area is 179 Å². The molecular formula is C23H22N6S. The van der Waals surface area contributed by atoms with Crippen molar-refractivity contribution in [3.8, 4) is 6.07 Å². The molecule has 3 aromatic heterocycles. The number of likely N-dealkylation sites (tertiary alicyclic amines) is 1. The van der Waals surface area contributed by atoms with Crippen LogP contribution in [0.5, 0.6) is 0 Å². The number of nitriles is 1. The minimum atomic E-state index is 0.415. The molecule has 0 unspecified atom stereocenters. The van der Waals surface area contributed by atoms with Gasteiger partial charge < -0.3 is 10.3 Å². The third-order valence-electron chi connectivity index (χ3n) is 5.65. The van der Waals surface area contributed by atoms with Gasteiger partial charge in [-0.1, -0.05) is 12.1 Å². The average molecular weight is 415 g/mol. The molecule has 1 aliphatic rings. The second kappa shape index (κ2) is 8.27. The Kier molecular flexibility index (Phi) is 5.18. The predicted molar refractivity (Wildman–Crippen MR) is 120 cm³/mol. The SMILES string of the molecule is N#Cc1ccc(Nc2nc([C@H]3CCCN(Cc4cccc5[nH]ccc45)C3)cs2)cn1. The molecule has 4 heterocycles. The molecule has 4 aromatic rings. The van der Waals surface area contributed by atoms with E-state index in [9.17, 15) is 0 Å². The molecule has 0 spiro atoms. The number of hydrogen-bond acceptors (Lipinski definition) is 6. The van der Waals surface area contributed by atoms with E-state index >= 15 is 0 Å². The number of H-pyrrole nitrogens is 1. The highest BCUT2D eigenvalue weighted by Crippen LogP contribution is 2.31. The largest absolute Gasteiger partial charge is 0.361 e. The highest BCUT2D eigenvalue weighted by Gasteiger charge is 2.24. The number of rotatable bonds is 5. The fourth-order valence-corrected chi connectivity index (χ4v) is 4.97. The lowest BCUT2D eigenvalue weighted by molar-refractivity contribution is 0.199. The van der Waals surface area contributed by atoms with Crippen LogP contribution in [0.25, 0.3) is 10.9 Å². The molecule has 0 amide bonds. The molecule has 0 aliphatic carbocycles. The lowest BCUT2D eigenvalue weighted by atomic mass is 9.95. The topological polar surface area (TPSA) is 80.6 Å². The summed E-state index contributed by atoms with van der Waals surface area (Å²) in [4.78, 5) is 14.8. The summed E-state index contributed by atoms with van der Waals surface area (Å²) < 4.78 is 0. The fraction of sp³-hybridized carbons (Fsp3) is 0.261. The van der Waals surface area contributed by atoms with E-state index in [2.05, 4.69) is 49.8 Å². The van der Waals surface area contributed by atoms with Crippen molar-refractivity contribution in [3.05, 3.63) is 71.1 Å². The summed E-state index contributed by atoms with van der Waals surface area (Å²) in [5.74, 6) is 0.454. The minimum Gasteiger partial charge on any atom is -0.361 e. The third-order valence-corrected chi connectivity index (χ3v) is 6.43. The van der Waals surface area contributed by atoms with Crippen molar-refractivity contribution in [3.63, 3.8) is 0 Å². The Morgan fingerprint density at radius 1 is 1.27 bits per heavy atom. The number of piperidine rings is 1. The molecule has 0 bridgehead atoms. The number of pyridine rings is 1. The second-order valence-electron chi connectivity index (χ2n) is 7.68. The Hall–Kier alpha value is -3.21. The Morgan fingerprint density at radius 2 is 2.23 bits per heavy atom. The van der Waals surface area contributed by atoms with Crippen molar-refractivity contribution in [1.29, 1.82) is 5.26 Å². The van der Waals surface area contributed by atoms with Crippen LogP contribution in [0.15, 0.2) is 54.2 Å². The fourth-order valence-electron chi connectivity index (χ4n) is 4.16. The van der Waals surface area contributed by atoms with Crippen molar-refractivity contribution < 1.29 is 0 Å². The summed E-state index contributed by atoms with van der Waals surface area (Å²) in [7, 11) is 0. The monoisotopic (exact) mass is 414 g/mol. The molecule has 6 nitrogen and oxygen atoms in total. The molecule has 2 N–H and O–H groups in total. The van der Waals surface area contributed by atoms with Gasteiger partial charge in [-0.15, -0.1) is 11.3 Å². The number of aromatic nitrogens is 3. The molecule has 30 heavy (non-hydrogen) atoms. The molecular weight excluding hydrogens is 392 g/mol. The highest BCUT2D eigenvalue weighted by atomic mass is 32.1. The molecule has 7 heteroatoms. The van der Waals surface area contributed by atoms with Crippen LogP contribution in [0.1, 0.15) is 35.7 Å². The standard InChI is InChI=1S/C23H22N6S/c24-11-18-6-7-19(12-26-18)27-23-28-22(15-30-23)17-4-2-10-29(14-17)13-16-3-1-5-21-20(16)8-9-25-21/h1,3,5-9,12,15,17,25H,2,4,10,13-14H2,(H,27,28)/t17-/m0/s1. The van der Waals surface area contributed by atoms with Gasteiger partial charge in [-0.25, -0.2) is 9.97 Å². The summed E-state index contributed by atoms with van der Waals surface area (Å²) in [5, 5.41) is 16.5. The van der Waals surface area contributed by atoms with Crippen molar-refractivity contribution >= 4 is 33.1 Å². The Morgan fingerprint density at radius 3 is 3.10 bits per heavy atom. The number of anilines is 2. The molecule has 150 valence electrons. The molecule has 1 saturated heterocycles. The quantitative estimate of drug-likeness (QED) is 0.480. The van der Waals surface area contributed by atoms with Gasteiger partial charge in [0.1, 0.15) is 11.8 Å². The molecule has 1 aliphatic heterocycles. The maximum atomic E-state index is 8.87. The first kappa shape index (κ1) is 18.8. The number of benzene rings is 1. The van der Waals surface area contributed by atoms with Crippen molar-refractivity contribution in [2.45, 2.75) is 25.3 Å². The minimum absolute atomic E-state index is 0.415. The number of nitrogens with one attached hydrogen (secondary N) is 2. The van der Waals surface area contributed by atoms with Crippen LogP contribution in [0, 0.1) is 11.3 Å². The van der Waals surface area contributed by atoms with Crippen LogP contribution in [-0.2, 0) is 6.54 Å². The molecule has 1 aromatic carbocycles. The first-order chi connectivity index (χ1) is 14.8. The van der Waals surface area contributed by atoms with E-state index in [1.54, 1.807) is 23.6 Å². The van der Waals surface area contributed by atoms with Gasteiger partial charge in [-0.3, -0.25) is 4.90 Å². The van der Waals surface area contributed by atoms with E-state index < -0.39 is 0 Å². The number of fused-ring (bicyclic) bond motifs is 1. The smallest absolute Gasteiger partial charge is 0.187 e. The maximum Gasteiger partial charge on any atom is 0.187 e. The summed E-state index contributed by atoms with van der Waals surface area (Å²) in [5.41, 5.74) is 5.00. The Bertz CT molecular complexity index is 1190. The van der Waals surface area contributed by atoms with Crippen LogP contribution < -0.4 is 5.32 Å². The van der Waals surface area contributed by atoms with Gasteiger partial charge in [0.25, 0.3) is 0 Å². The summed E-state index contributed by atoms with van der Waals surface area (Å²) >= 11 is 1.62. The van der Waals surface area contributed by atoms with Crippen LogP contribution in [0.2, 0.25) is 0 Å². The Balaban J connectivity index is 1.26. The van der Waals surface area contributed by atoms with Gasteiger partial charge in [0.2, 0.25) is 0 Å². The van der Waals surface area contributed by atoms with Crippen LogP contribution in [0.3, 0.4) is 0 Å². The van der Waals surface area contributed by atoms with Gasteiger partial charge in [-0.2, -0.15) is 5.26 Å². The van der Waals surface area contributed by atoms with Crippen molar-refractivity contribution in [2.75, 3.05) is 18.4 Å². The van der Waals surface area contributed by atoms with E-state index in [4.69, 9.17) is 10.2 Å². The van der Waals surface area contributed by atoms with E-state index in [1.165, 1.54) is 29.3 Å². The van der Waals surface area contributed by atoms with Gasteiger partial charge >= 0.3 is 0 Å². The first-order valence-electron chi connectivity index (χ1n) is 10.1. The molecule has 0 radical (unpaired) electrons. The lowest BCUT2D eigenvalue weighted by Crippen LogP contribution is -2.34. The van der Waals surface area contributed by atoms with Gasteiger partial charge in [0, 0.05) is 41.5 Å². The average Bonchev–Trinajstić information content (AvgIpc) is 3.45. The molecule has 5 rings (SSSR count). The van der Waals surface area contributed by atoms with Crippen LogP contribution in [0.4, 0.5) is 10.8 Å². The number of thiazole rings is 1. The van der Waals surface area contributed by atoms with Crippen LogP contribution in [-0.4, -0.2) is 32.9 Å². The van der Waals surface area contributed by atoms with Crippen LogP contribution >= 0.6 is 11.3 Å². The van der Waals surface area contributed by atoms with E-state index in [1.807, 2.05) is 18.3 Å². The van der Waals surface area contributed by atoms with Gasteiger partial charge in [0.15, 0.2) is 5.13 Å². The van der Waals surface area contributed by atoms with Gasteiger partial charge in [-0.05, 0) is 49.2 Å². The summed E-state index contributed by atoms with van der Waals surface area (Å²) in [6.45, 7) is 3.13. The maximum absolute atomic E-state index is 8.87. The molecule has 0 saturated carbocycles. The zero-order valence-corrected chi connectivity index (χ0v) is 17.3. The first-order valence-corrected chi connectivity index (χ1v) is 11.0. The number of hydrogen-bond donors (Lipinski definition) is 2. The predicted octanol–water partition coefficient (Wildman–Crippen LogP) is 5.01. The second-order valence-corrected chi connectivity index (χ2v) is 8.53.